The lowest BCUT2D eigenvalue weighted by Crippen LogP contribution is -2.31. The molecule has 0 saturated heterocycles. The zero-order chi connectivity index (χ0) is 12.7. The Kier molecular flexibility index (Phi) is 6.50. The number of hydrogen-bond acceptors (Lipinski definition) is 4. The number of rotatable bonds is 7. The first-order chi connectivity index (χ1) is 8.22. The Morgan fingerprint density at radius 2 is 2.24 bits per heavy atom. The van der Waals surface area contributed by atoms with Crippen LogP contribution in [0, 0.1) is 0 Å². The third-order valence-electron chi connectivity index (χ3n) is 2.41. The first-order valence-corrected chi connectivity index (χ1v) is 6.39. The molecule has 0 spiro atoms. The zero-order valence-corrected chi connectivity index (χ0v) is 11.8. The van der Waals surface area contributed by atoms with Gasteiger partial charge < -0.3 is 9.47 Å². The SMILES string of the molecule is CCCOCC(NN)c1ccc(Br)cc1OC. The molecule has 1 aromatic rings. The highest BCUT2D eigenvalue weighted by molar-refractivity contribution is 9.10. The van der Waals surface area contributed by atoms with Crippen LogP contribution >= 0.6 is 15.9 Å². The number of halogens is 1. The molecule has 1 rings (SSSR count). The van der Waals surface area contributed by atoms with E-state index in [0.717, 1.165) is 28.8 Å². The summed E-state index contributed by atoms with van der Waals surface area (Å²) in [5.41, 5.74) is 3.75. The summed E-state index contributed by atoms with van der Waals surface area (Å²) >= 11 is 3.41. The van der Waals surface area contributed by atoms with E-state index in [1.54, 1.807) is 7.11 Å². The highest BCUT2D eigenvalue weighted by atomic mass is 79.9. The number of methoxy groups -OCH3 is 1. The van der Waals surface area contributed by atoms with Gasteiger partial charge in [0.05, 0.1) is 19.8 Å². The van der Waals surface area contributed by atoms with Gasteiger partial charge in [0.25, 0.3) is 0 Å². The minimum absolute atomic E-state index is 0.0652. The molecule has 0 aromatic heterocycles. The first-order valence-electron chi connectivity index (χ1n) is 5.60. The molecule has 1 aromatic carbocycles. The average Bonchev–Trinajstić information content (AvgIpc) is 2.35. The molecule has 1 atom stereocenters. The number of benzene rings is 1. The second-order valence-electron chi connectivity index (χ2n) is 3.68. The zero-order valence-electron chi connectivity index (χ0n) is 10.2. The molecule has 0 aliphatic heterocycles. The quantitative estimate of drug-likeness (QED) is 0.461. The fraction of sp³-hybridized carbons (Fsp3) is 0.500. The largest absolute Gasteiger partial charge is 0.496 e. The summed E-state index contributed by atoms with van der Waals surface area (Å²) in [6.07, 6.45) is 0.995. The number of ether oxygens (including phenoxy) is 2. The molecule has 96 valence electrons. The van der Waals surface area contributed by atoms with Gasteiger partial charge in [0, 0.05) is 16.6 Å². The van der Waals surface area contributed by atoms with Crippen molar-refractivity contribution in [3.63, 3.8) is 0 Å². The van der Waals surface area contributed by atoms with Crippen LogP contribution in [0.3, 0.4) is 0 Å². The molecule has 0 fully saturated rings. The van der Waals surface area contributed by atoms with Crippen LogP contribution < -0.4 is 16.0 Å². The average molecular weight is 303 g/mol. The Morgan fingerprint density at radius 1 is 1.47 bits per heavy atom. The van der Waals surface area contributed by atoms with Crippen LogP contribution in [0.4, 0.5) is 0 Å². The third-order valence-corrected chi connectivity index (χ3v) is 2.90. The Labute approximate surface area is 111 Å². The molecule has 0 amide bonds. The van der Waals surface area contributed by atoms with Crippen molar-refractivity contribution in [3.05, 3.63) is 28.2 Å². The second kappa shape index (κ2) is 7.66. The molecule has 4 nitrogen and oxygen atoms in total. The van der Waals surface area contributed by atoms with Crippen LogP contribution in [0.15, 0.2) is 22.7 Å². The van der Waals surface area contributed by atoms with Gasteiger partial charge in [-0.15, -0.1) is 0 Å². The van der Waals surface area contributed by atoms with Gasteiger partial charge in [-0.2, -0.15) is 0 Å². The van der Waals surface area contributed by atoms with E-state index in [0.29, 0.717) is 6.61 Å². The lowest BCUT2D eigenvalue weighted by Gasteiger charge is -2.19. The lowest BCUT2D eigenvalue weighted by atomic mass is 10.1. The molecule has 0 bridgehead atoms. The number of hydrazine groups is 1. The van der Waals surface area contributed by atoms with Crippen LogP contribution in [0.2, 0.25) is 0 Å². The molecule has 0 heterocycles. The molecule has 17 heavy (non-hydrogen) atoms. The van der Waals surface area contributed by atoms with Gasteiger partial charge in [0.2, 0.25) is 0 Å². The van der Waals surface area contributed by atoms with E-state index in [1.165, 1.54) is 0 Å². The van der Waals surface area contributed by atoms with Crippen molar-refractivity contribution in [1.29, 1.82) is 0 Å². The summed E-state index contributed by atoms with van der Waals surface area (Å²) in [7, 11) is 1.64. The van der Waals surface area contributed by atoms with Gasteiger partial charge in [0.1, 0.15) is 5.75 Å². The fourth-order valence-electron chi connectivity index (χ4n) is 1.55. The van der Waals surface area contributed by atoms with Gasteiger partial charge >= 0.3 is 0 Å². The molecule has 1 unspecified atom stereocenters. The predicted octanol–water partition coefficient (Wildman–Crippen LogP) is 2.39. The number of hydrogen-bond donors (Lipinski definition) is 2. The van der Waals surface area contributed by atoms with E-state index >= 15 is 0 Å². The van der Waals surface area contributed by atoms with Crippen molar-refractivity contribution < 1.29 is 9.47 Å². The molecule has 5 heteroatoms. The molecular weight excluding hydrogens is 284 g/mol. The monoisotopic (exact) mass is 302 g/mol. The van der Waals surface area contributed by atoms with Crippen LogP contribution in [0.1, 0.15) is 24.9 Å². The second-order valence-corrected chi connectivity index (χ2v) is 4.60. The van der Waals surface area contributed by atoms with Crippen molar-refractivity contribution in [2.45, 2.75) is 19.4 Å². The minimum atomic E-state index is -0.0652. The normalized spacial score (nSPS) is 12.5. The Balaban J connectivity index is 2.79. The molecule has 3 N–H and O–H groups in total. The molecule has 0 aliphatic carbocycles. The number of nitrogens with one attached hydrogen (secondary N) is 1. The maximum atomic E-state index is 5.55. The predicted molar refractivity (Wildman–Crippen MR) is 71.9 cm³/mol. The standard InChI is InChI=1S/C12H19BrN2O2/c1-3-6-17-8-11(15-14)10-5-4-9(13)7-12(10)16-2/h4-5,7,11,15H,3,6,8,14H2,1-2H3. The highest BCUT2D eigenvalue weighted by Gasteiger charge is 2.15. The maximum Gasteiger partial charge on any atom is 0.124 e. The Hall–Kier alpha value is -0.620. The Morgan fingerprint density at radius 3 is 2.82 bits per heavy atom. The fourth-order valence-corrected chi connectivity index (χ4v) is 1.89. The number of nitrogens with two attached hydrogens (primary N) is 1. The highest BCUT2D eigenvalue weighted by Crippen LogP contribution is 2.28. The summed E-state index contributed by atoms with van der Waals surface area (Å²) in [6, 6.07) is 5.79. The molecular formula is C12H19BrN2O2. The van der Waals surface area contributed by atoms with Crippen LogP contribution in [0.5, 0.6) is 5.75 Å². The van der Waals surface area contributed by atoms with Crippen LogP contribution in [-0.2, 0) is 4.74 Å². The molecule has 0 aliphatic rings. The first kappa shape index (κ1) is 14.4. The van der Waals surface area contributed by atoms with Crippen LogP contribution in [-0.4, -0.2) is 20.3 Å². The van der Waals surface area contributed by atoms with E-state index in [-0.39, 0.29) is 6.04 Å². The van der Waals surface area contributed by atoms with Gasteiger partial charge in [-0.1, -0.05) is 28.9 Å². The van der Waals surface area contributed by atoms with Crippen molar-refractivity contribution in [3.8, 4) is 5.75 Å². The third kappa shape index (κ3) is 4.27. The summed E-state index contributed by atoms with van der Waals surface area (Å²) < 4.78 is 11.8. The topological polar surface area (TPSA) is 56.5 Å². The van der Waals surface area contributed by atoms with E-state index in [4.69, 9.17) is 15.3 Å². The van der Waals surface area contributed by atoms with Gasteiger partial charge in [-0.3, -0.25) is 11.3 Å². The van der Waals surface area contributed by atoms with Crippen molar-refractivity contribution >= 4 is 15.9 Å². The summed E-state index contributed by atoms with van der Waals surface area (Å²) in [6.45, 7) is 3.34. The van der Waals surface area contributed by atoms with Crippen molar-refractivity contribution in [2.75, 3.05) is 20.3 Å². The van der Waals surface area contributed by atoms with Crippen molar-refractivity contribution in [2.24, 2.45) is 5.84 Å². The molecule has 0 radical (unpaired) electrons. The van der Waals surface area contributed by atoms with E-state index in [9.17, 15) is 0 Å². The van der Waals surface area contributed by atoms with Crippen molar-refractivity contribution in [1.82, 2.24) is 5.43 Å². The van der Waals surface area contributed by atoms with Crippen LogP contribution in [0.25, 0.3) is 0 Å². The van der Waals surface area contributed by atoms with Gasteiger partial charge in [-0.25, -0.2) is 0 Å². The smallest absolute Gasteiger partial charge is 0.124 e. The lowest BCUT2D eigenvalue weighted by molar-refractivity contribution is 0.111. The summed E-state index contributed by atoms with van der Waals surface area (Å²) in [5.74, 6) is 6.35. The van der Waals surface area contributed by atoms with E-state index in [2.05, 4.69) is 28.3 Å². The Bertz CT molecular complexity index is 347. The molecule has 0 saturated carbocycles. The van der Waals surface area contributed by atoms with E-state index < -0.39 is 0 Å². The minimum Gasteiger partial charge on any atom is -0.496 e. The summed E-state index contributed by atoms with van der Waals surface area (Å²) in [5, 5.41) is 0. The van der Waals surface area contributed by atoms with E-state index in [1.807, 2.05) is 18.2 Å². The van der Waals surface area contributed by atoms with Gasteiger partial charge in [-0.05, 0) is 18.6 Å². The summed E-state index contributed by atoms with van der Waals surface area (Å²) in [4.78, 5) is 0. The maximum absolute atomic E-state index is 5.55. The van der Waals surface area contributed by atoms with Gasteiger partial charge in [0.15, 0.2) is 0 Å².